The average molecular weight is 362 g/mol. The Morgan fingerprint density at radius 3 is 1.79 bits per heavy atom. The summed E-state index contributed by atoms with van der Waals surface area (Å²) in [5.41, 5.74) is 0. The van der Waals surface area contributed by atoms with Crippen LogP contribution in [0.25, 0.3) is 0 Å². The molecule has 1 rings (SSSR count). The van der Waals surface area contributed by atoms with Crippen molar-refractivity contribution in [2.75, 3.05) is 0 Å². The van der Waals surface area contributed by atoms with Crippen molar-refractivity contribution in [3.63, 3.8) is 0 Å². The fourth-order valence-corrected chi connectivity index (χ4v) is 2.35. The number of carboxylic acid groups (broad SMARTS) is 2. The summed E-state index contributed by atoms with van der Waals surface area (Å²) in [6, 6.07) is 0. The summed E-state index contributed by atoms with van der Waals surface area (Å²) in [7, 11) is -5.45. The maximum absolute atomic E-state index is 10.9. The molecule has 0 aromatic heterocycles. The molecule has 2 unspecified atom stereocenters. The van der Waals surface area contributed by atoms with Crippen molar-refractivity contribution in [1.29, 1.82) is 0 Å². The number of carbonyl (C=O) groups excluding carboxylic acids is 2. The minimum absolute atomic E-state index is 0. The Labute approximate surface area is 237 Å². The minimum Gasteiger partial charge on any atom is -0.747 e. The Balaban J connectivity index is -0.000000853. The van der Waals surface area contributed by atoms with Crippen molar-refractivity contribution in [3.8, 4) is 0 Å². The summed E-state index contributed by atoms with van der Waals surface area (Å²) < 4.78 is 29.6. The van der Waals surface area contributed by atoms with Gasteiger partial charge in [-0.25, -0.2) is 8.42 Å². The van der Waals surface area contributed by atoms with Crippen LogP contribution in [0.4, 0.5) is 0 Å². The maximum atomic E-state index is 10.9. The number of rotatable bonds is 3. The quantitative estimate of drug-likeness (QED) is 0.359. The molecule has 0 aliphatic heterocycles. The summed E-state index contributed by atoms with van der Waals surface area (Å²) in [6.45, 7) is 0. The Kier molecular flexibility index (Phi) is 15.6. The van der Waals surface area contributed by atoms with E-state index in [2.05, 4.69) is 0 Å². The monoisotopic (exact) mass is 362 g/mol. The van der Waals surface area contributed by atoms with E-state index in [0.717, 1.165) is 18.2 Å². The van der Waals surface area contributed by atoms with E-state index in [0.29, 0.717) is 6.08 Å². The number of allylic oxidation sites excluding steroid dienone is 2. The van der Waals surface area contributed by atoms with Crippen LogP contribution in [0.5, 0.6) is 0 Å². The van der Waals surface area contributed by atoms with Gasteiger partial charge in [-0.05, 0) is 0 Å². The fourth-order valence-electron chi connectivity index (χ4n) is 1.41. The van der Waals surface area contributed by atoms with Gasteiger partial charge in [-0.15, -0.1) is 0 Å². The van der Waals surface area contributed by atoms with Crippen LogP contribution >= 0.6 is 0 Å². The first-order valence-corrected chi connectivity index (χ1v) is 5.38. The molecule has 2 atom stereocenters. The molecule has 0 bridgehead atoms. The van der Waals surface area contributed by atoms with E-state index in [1.807, 2.05) is 0 Å². The summed E-state index contributed by atoms with van der Waals surface area (Å²) in [6.07, 6.45) is 3.28. The molecule has 0 heterocycles. The Bertz CT molecular complexity index is 498. The van der Waals surface area contributed by atoms with Gasteiger partial charge in [-0.3, -0.25) is 0 Å². The summed E-state index contributed by atoms with van der Waals surface area (Å²) in [4.78, 5) is 21.4. The van der Waals surface area contributed by atoms with Gasteiger partial charge in [0.15, 0.2) is 0 Å². The van der Waals surface area contributed by atoms with Crippen LogP contribution in [0.1, 0.15) is 0 Å². The molecule has 0 aromatic rings. The zero-order valence-corrected chi connectivity index (χ0v) is 20.8. The average Bonchev–Trinajstić information content (AvgIpc) is 2.15. The van der Waals surface area contributed by atoms with Crippen LogP contribution < -0.4 is 164 Å². The number of hydrogen-bond donors (Lipinski definition) is 0. The van der Waals surface area contributed by atoms with Gasteiger partial charge < -0.3 is 24.4 Å². The molecular weight excluding hydrogens is 357 g/mol. The molecule has 0 saturated carbocycles. The van der Waals surface area contributed by atoms with Gasteiger partial charge in [-0.1, -0.05) is 24.3 Å². The molecule has 0 radical (unpaired) electrons. The summed E-state index contributed by atoms with van der Waals surface area (Å²) in [5.74, 6) is -6.38. The zero-order valence-electron chi connectivity index (χ0n) is 10.7. The second kappa shape index (κ2) is 10.9. The van der Waals surface area contributed by atoms with Crippen molar-refractivity contribution in [3.05, 3.63) is 24.3 Å². The number of hydrogen-bond acceptors (Lipinski definition) is 7. The molecule has 19 heavy (non-hydrogen) atoms. The van der Waals surface area contributed by atoms with E-state index in [-0.39, 0.29) is 154 Å². The third-order valence-corrected chi connectivity index (χ3v) is 3.59. The summed E-state index contributed by atoms with van der Waals surface area (Å²) >= 11 is 0. The summed E-state index contributed by atoms with van der Waals surface area (Å²) in [5, 5.41) is 21.4. The molecular formula is C8H5K3O7S. The van der Waals surface area contributed by atoms with Crippen LogP contribution in [-0.2, 0) is 19.7 Å². The normalized spacial score (nSPS) is 24.4. The van der Waals surface area contributed by atoms with Crippen LogP contribution in [-0.4, -0.2) is 29.7 Å². The molecule has 11 heteroatoms. The molecule has 0 fully saturated rings. The smallest absolute Gasteiger partial charge is 0.747 e. The first-order chi connectivity index (χ1) is 7.23. The standard InChI is InChI=1S/C8H8O7S.3K/c9-6(10)5-3-1-2-4-8(5,7(11)12)16(13,14)15;;;/h1-5H,(H,9,10)(H,11,12)(H,13,14,15);;;/q;3*+1/p-3. The predicted octanol–water partition coefficient (Wildman–Crippen LogP) is -12.5. The molecule has 1 aliphatic carbocycles. The Hall–Kier alpha value is 3.24. The molecule has 0 spiro atoms. The number of carboxylic acids is 2. The van der Waals surface area contributed by atoms with Crippen LogP contribution in [0.2, 0.25) is 0 Å². The molecule has 0 aromatic carbocycles. The van der Waals surface area contributed by atoms with Gasteiger partial charge in [0.25, 0.3) is 0 Å². The minimum atomic E-state index is -5.45. The molecule has 0 amide bonds. The van der Waals surface area contributed by atoms with E-state index in [1.165, 1.54) is 0 Å². The van der Waals surface area contributed by atoms with E-state index in [4.69, 9.17) is 0 Å². The largest absolute Gasteiger partial charge is 1.00 e. The van der Waals surface area contributed by atoms with Gasteiger partial charge >= 0.3 is 154 Å². The first-order valence-electron chi connectivity index (χ1n) is 3.97. The number of carbonyl (C=O) groups is 2. The topological polar surface area (TPSA) is 137 Å². The fraction of sp³-hybridized carbons (Fsp3) is 0.250. The van der Waals surface area contributed by atoms with Crippen LogP contribution in [0.3, 0.4) is 0 Å². The number of aliphatic carboxylic acids is 2. The van der Waals surface area contributed by atoms with Gasteiger partial charge in [0.1, 0.15) is 14.9 Å². The van der Waals surface area contributed by atoms with E-state index >= 15 is 0 Å². The predicted molar refractivity (Wildman–Crippen MR) is 44.2 cm³/mol. The van der Waals surface area contributed by atoms with E-state index in [9.17, 15) is 32.8 Å². The van der Waals surface area contributed by atoms with Crippen molar-refractivity contribution < 1.29 is 187 Å². The first kappa shape index (κ1) is 27.1. The third kappa shape index (κ3) is 5.99. The van der Waals surface area contributed by atoms with Crippen molar-refractivity contribution >= 4 is 22.1 Å². The van der Waals surface area contributed by atoms with Crippen molar-refractivity contribution in [2.45, 2.75) is 4.75 Å². The maximum Gasteiger partial charge on any atom is 1.00 e. The van der Waals surface area contributed by atoms with Crippen molar-refractivity contribution in [1.82, 2.24) is 0 Å². The Morgan fingerprint density at radius 2 is 1.53 bits per heavy atom. The second-order valence-electron chi connectivity index (χ2n) is 3.08. The van der Waals surface area contributed by atoms with E-state index in [1.54, 1.807) is 0 Å². The molecule has 0 saturated heterocycles. The SMILES string of the molecule is O=C([O-])C1C=CC=CC1(C(=O)[O-])S(=O)(=O)[O-].[K+].[K+].[K+]. The third-order valence-electron chi connectivity index (χ3n) is 2.21. The zero-order chi connectivity index (χ0) is 12.6. The second-order valence-corrected chi connectivity index (χ2v) is 4.66. The van der Waals surface area contributed by atoms with Gasteiger partial charge in [0, 0.05) is 5.92 Å². The van der Waals surface area contributed by atoms with Crippen LogP contribution in [0, 0.1) is 5.92 Å². The van der Waals surface area contributed by atoms with Gasteiger partial charge in [0.2, 0.25) is 0 Å². The van der Waals surface area contributed by atoms with Crippen LogP contribution in [0.15, 0.2) is 24.3 Å². The Morgan fingerprint density at radius 1 is 1.05 bits per heavy atom. The van der Waals surface area contributed by atoms with E-state index < -0.39 is 32.7 Å². The molecule has 1 aliphatic rings. The van der Waals surface area contributed by atoms with Gasteiger partial charge in [0.05, 0.1) is 11.9 Å². The molecule has 0 N–H and O–H groups in total. The van der Waals surface area contributed by atoms with Crippen molar-refractivity contribution in [2.24, 2.45) is 5.92 Å². The molecule has 7 nitrogen and oxygen atoms in total. The molecule has 88 valence electrons. The van der Waals surface area contributed by atoms with Gasteiger partial charge in [-0.2, -0.15) is 0 Å².